The van der Waals surface area contributed by atoms with Crippen molar-refractivity contribution in [3.63, 3.8) is 0 Å². The first-order valence-corrected chi connectivity index (χ1v) is 13.2. The molecule has 7 nitrogen and oxygen atoms in total. The first-order chi connectivity index (χ1) is 15.3. The van der Waals surface area contributed by atoms with Crippen LogP contribution in [0.1, 0.15) is 52.0 Å². The molecular formula is C23H28N2O5S2. The Morgan fingerprint density at radius 2 is 1.84 bits per heavy atom. The van der Waals surface area contributed by atoms with Gasteiger partial charge in [0.25, 0.3) is 0 Å². The lowest BCUT2D eigenvalue weighted by molar-refractivity contribution is -0.120. The molecule has 1 amide bonds. The number of aryl methyl sites for hydroxylation is 2. The number of ether oxygens (including phenoxy) is 1. The highest BCUT2D eigenvalue weighted by Gasteiger charge is 2.34. The lowest BCUT2D eigenvalue weighted by Crippen LogP contribution is -2.43. The molecule has 0 saturated carbocycles. The third-order valence-corrected chi connectivity index (χ3v) is 9.30. The van der Waals surface area contributed by atoms with Crippen LogP contribution < -0.4 is 5.32 Å². The SMILES string of the molecule is COC(=O)c1c(NC(=O)C2CCCN(S(=O)(=O)c3ccc(C)cc3)C2)sc2c1CCCC2. The number of carbonyl (C=O) groups excluding carboxylic acids is 2. The molecule has 0 radical (unpaired) electrons. The number of anilines is 1. The van der Waals surface area contributed by atoms with E-state index in [1.807, 2.05) is 6.92 Å². The first kappa shape index (κ1) is 22.9. The normalized spacial score (nSPS) is 19.2. The Bertz CT molecular complexity index is 1120. The van der Waals surface area contributed by atoms with Gasteiger partial charge in [-0.25, -0.2) is 13.2 Å². The zero-order chi connectivity index (χ0) is 22.9. The maximum Gasteiger partial charge on any atom is 0.341 e. The Balaban J connectivity index is 1.53. The standard InChI is InChI=1S/C23H28N2O5S2/c1-15-9-11-17(12-10-15)32(28,29)25-13-5-6-16(14-25)21(26)24-22-20(23(27)30-2)18-7-3-4-8-19(18)31-22/h9-12,16H,3-8,13-14H2,1-2H3,(H,24,26). The summed E-state index contributed by atoms with van der Waals surface area (Å²) in [5, 5.41) is 3.45. The van der Waals surface area contributed by atoms with Gasteiger partial charge in [-0.1, -0.05) is 17.7 Å². The van der Waals surface area contributed by atoms with E-state index >= 15 is 0 Å². The van der Waals surface area contributed by atoms with Gasteiger partial charge in [0.2, 0.25) is 15.9 Å². The number of amides is 1. The number of nitrogens with one attached hydrogen (secondary N) is 1. The minimum Gasteiger partial charge on any atom is -0.465 e. The summed E-state index contributed by atoms with van der Waals surface area (Å²) in [7, 11) is -2.32. The molecule has 1 unspecified atom stereocenters. The number of rotatable bonds is 5. The van der Waals surface area contributed by atoms with Crippen molar-refractivity contribution in [3.8, 4) is 0 Å². The average Bonchev–Trinajstić information content (AvgIpc) is 3.16. The number of thiophene rings is 1. The molecule has 4 rings (SSSR count). The topological polar surface area (TPSA) is 92.8 Å². The fourth-order valence-electron chi connectivity index (χ4n) is 4.42. The molecule has 172 valence electrons. The number of hydrogen-bond donors (Lipinski definition) is 1. The number of sulfonamides is 1. The van der Waals surface area contributed by atoms with Crippen LogP contribution in [-0.2, 0) is 32.4 Å². The Morgan fingerprint density at radius 3 is 2.56 bits per heavy atom. The summed E-state index contributed by atoms with van der Waals surface area (Å²) >= 11 is 1.44. The number of esters is 1. The fourth-order valence-corrected chi connectivity index (χ4v) is 7.22. The zero-order valence-electron chi connectivity index (χ0n) is 18.3. The molecule has 0 spiro atoms. The van der Waals surface area contributed by atoms with E-state index in [4.69, 9.17) is 4.74 Å². The van der Waals surface area contributed by atoms with Crippen molar-refractivity contribution in [3.05, 3.63) is 45.8 Å². The highest BCUT2D eigenvalue weighted by atomic mass is 32.2. The second kappa shape index (κ2) is 9.33. The van der Waals surface area contributed by atoms with Crippen molar-refractivity contribution >= 4 is 38.2 Å². The summed E-state index contributed by atoms with van der Waals surface area (Å²) in [6.07, 6.45) is 4.98. The number of nitrogens with zero attached hydrogens (tertiary/aromatic N) is 1. The molecule has 2 aromatic rings. The van der Waals surface area contributed by atoms with E-state index in [-0.39, 0.29) is 17.3 Å². The number of methoxy groups -OCH3 is 1. The average molecular weight is 477 g/mol. The van der Waals surface area contributed by atoms with Crippen molar-refractivity contribution in [1.29, 1.82) is 0 Å². The van der Waals surface area contributed by atoms with Gasteiger partial charge < -0.3 is 10.1 Å². The molecule has 1 aliphatic heterocycles. The molecule has 1 fully saturated rings. The first-order valence-electron chi connectivity index (χ1n) is 10.9. The van der Waals surface area contributed by atoms with E-state index in [0.717, 1.165) is 41.7 Å². The van der Waals surface area contributed by atoms with E-state index in [2.05, 4.69) is 5.32 Å². The van der Waals surface area contributed by atoms with Gasteiger partial charge in [0.15, 0.2) is 0 Å². The number of hydrogen-bond acceptors (Lipinski definition) is 6. The molecule has 0 bridgehead atoms. The van der Waals surface area contributed by atoms with Crippen LogP contribution in [-0.4, -0.2) is 44.8 Å². The van der Waals surface area contributed by atoms with E-state index in [1.54, 1.807) is 24.3 Å². The van der Waals surface area contributed by atoms with Gasteiger partial charge in [-0.15, -0.1) is 11.3 Å². The van der Waals surface area contributed by atoms with Crippen molar-refractivity contribution in [2.45, 2.75) is 50.3 Å². The Kier molecular flexibility index (Phi) is 6.69. The second-order valence-electron chi connectivity index (χ2n) is 8.41. The molecule has 9 heteroatoms. The monoisotopic (exact) mass is 476 g/mol. The number of benzene rings is 1. The Labute approximate surface area is 192 Å². The molecule has 32 heavy (non-hydrogen) atoms. The third-order valence-electron chi connectivity index (χ3n) is 6.21. The molecule has 2 aliphatic rings. The summed E-state index contributed by atoms with van der Waals surface area (Å²) in [5.74, 6) is -1.17. The molecule has 1 saturated heterocycles. The van der Waals surface area contributed by atoms with Crippen molar-refractivity contribution in [2.75, 3.05) is 25.5 Å². The van der Waals surface area contributed by atoms with Crippen LogP contribution in [0.3, 0.4) is 0 Å². The summed E-state index contributed by atoms with van der Waals surface area (Å²) < 4.78 is 32.5. The highest BCUT2D eigenvalue weighted by molar-refractivity contribution is 7.89. The van der Waals surface area contributed by atoms with Crippen molar-refractivity contribution in [2.24, 2.45) is 5.92 Å². The van der Waals surface area contributed by atoms with E-state index in [0.29, 0.717) is 30.0 Å². The summed E-state index contributed by atoms with van der Waals surface area (Å²) in [6.45, 7) is 2.42. The van der Waals surface area contributed by atoms with Crippen molar-refractivity contribution < 1.29 is 22.7 Å². The van der Waals surface area contributed by atoms with Gasteiger partial charge in [-0.05, 0) is 63.1 Å². The summed E-state index contributed by atoms with van der Waals surface area (Å²) in [6, 6.07) is 6.75. The minimum atomic E-state index is -3.66. The second-order valence-corrected chi connectivity index (χ2v) is 11.5. The molecular weight excluding hydrogens is 448 g/mol. The van der Waals surface area contributed by atoms with Gasteiger partial charge in [-0.2, -0.15) is 4.31 Å². The van der Waals surface area contributed by atoms with Gasteiger partial charge in [0, 0.05) is 18.0 Å². The van der Waals surface area contributed by atoms with Gasteiger partial charge in [0.1, 0.15) is 5.00 Å². The fraction of sp³-hybridized carbons (Fsp3) is 0.478. The van der Waals surface area contributed by atoms with Crippen LogP contribution in [0, 0.1) is 12.8 Å². The largest absolute Gasteiger partial charge is 0.465 e. The molecule has 1 atom stereocenters. The van der Waals surface area contributed by atoms with E-state index in [1.165, 1.54) is 22.8 Å². The number of fused-ring (bicyclic) bond motifs is 1. The molecule has 1 N–H and O–H groups in total. The highest BCUT2D eigenvalue weighted by Crippen LogP contribution is 2.39. The zero-order valence-corrected chi connectivity index (χ0v) is 20.0. The predicted molar refractivity (Wildman–Crippen MR) is 124 cm³/mol. The van der Waals surface area contributed by atoms with Crippen LogP contribution in [0.25, 0.3) is 0 Å². The van der Waals surface area contributed by atoms with Crippen LogP contribution in [0.4, 0.5) is 5.00 Å². The Hall–Kier alpha value is -2.23. The molecule has 1 aliphatic carbocycles. The number of carbonyl (C=O) groups is 2. The predicted octanol–water partition coefficient (Wildman–Crippen LogP) is 3.76. The quantitative estimate of drug-likeness (QED) is 0.664. The maximum atomic E-state index is 13.1. The van der Waals surface area contributed by atoms with Crippen LogP contribution in [0.15, 0.2) is 29.2 Å². The summed E-state index contributed by atoms with van der Waals surface area (Å²) in [4.78, 5) is 26.9. The van der Waals surface area contributed by atoms with Gasteiger partial charge in [-0.3, -0.25) is 4.79 Å². The van der Waals surface area contributed by atoms with Crippen LogP contribution in [0.2, 0.25) is 0 Å². The third kappa shape index (κ3) is 4.46. The van der Waals surface area contributed by atoms with E-state index in [9.17, 15) is 18.0 Å². The number of piperidine rings is 1. The van der Waals surface area contributed by atoms with Crippen LogP contribution >= 0.6 is 11.3 Å². The maximum absolute atomic E-state index is 13.1. The van der Waals surface area contributed by atoms with Gasteiger partial charge in [0.05, 0.1) is 23.5 Å². The summed E-state index contributed by atoms with van der Waals surface area (Å²) in [5.41, 5.74) is 2.43. The van der Waals surface area contributed by atoms with Crippen molar-refractivity contribution in [1.82, 2.24) is 4.31 Å². The molecule has 2 heterocycles. The van der Waals surface area contributed by atoms with E-state index < -0.39 is 21.9 Å². The Morgan fingerprint density at radius 1 is 1.12 bits per heavy atom. The minimum absolute atomic E-state index is 0.126. The molecule has 1 aromatic heterocycles. The molecule has 1 aromatic carbocycles. The van der Waals surface area contributed by atoms with Gasteiger partial charge >= 0.3 is 5.97 Å². The van der Waals surface area contributed by atoms with Crippen LogP contribution in [0.5, 0.6) is 0 Å². The lowest BCUT2D eigenvalue weighted by atomic mass is 9.95. The smallest absolute Gasteiger partial charge is 0.341 e. The lowest BCUT2D eigenvalue weighted by Gasteiger charge is -2.31.